The van der Waals surface area contributed by atoms with Crippen LogP contribution in [0.15, 0.2) is 45.6 Å². The minimum Gasteiger partial charge on any atom is -0.508 e. The molecule has 0 spiro atoms. The molecule has 2 saturated heterocycles. The number of rotatable bonds is 10. The number of fused-ring (bicyclic) bond motifs is 1. The van der Waals surface area contributed by atoms with Gasteiger partial charge in [0.05, 0.1) is 32.5 Å². The minimum atomic E-state index is -2.17. The second-order valence-electron chi connectivity index (χ2n) is 13.0. The van der Waals surface area contributed by atoms with E-state index in [1.54, 1.807) is 0 Å². The lowest BCUT2D eigenvalue weighted by atomic mass is 9.98. The lowest BCUT2D eigenvalue weighted by Gasteiger charge is -2.43. The molecule has 0 bridgehead atoms. The summed E-state index contributed by atoms with van der Waals surface area (Å²) in [5, 5.41) is 114. The van der Waals surface area contributed by atoms with Crippen molar-refractivity contribution in [1.82, 2.24) is 0 Å². The van der Waals surface area contributed by atoms with Gasteiger partial charge in [0.15, 0.2) is 46.9 Å². The molecule has 0 amide bonds. The minimum absolute atomic E-state index is 0.0866. The van der Waals surface area contributed by atoms with E-state index in [0.29, 0.717) is 12.1 Å². The molecule has 21 nitrogen and oxygen atoms in total. The third kappa shape index (κ3) is 7.69. The Balaban J connectivity index is 1.45. The zero-order valence-corrected chi connectivity index (χ0v) is 29.9. The molecule has 21 heteroatoms. The number of methoxy groups -OCH3 is 2. The first kappa shape index (κ1) is 40.9. The van der Waals surface area contributed by atoms with Gasteiger partial charge in [0, 0.05) is 17.7 Å². The van der Waals surface area contributed by atoms with Gasteiger partial charge in [-0.15, -0.1) is 0 Å². The average Bonchev–Trinajstić information content (AvgIpc) is 3.17. The molecule has 10 atom stereocenters. The Hall–Kier alpha value is -5.78. The highest BCUT2D eigenvalue weighted by Crippen LogP contribution is 2.44. The van der Waals surface area contributed by atoms with Crippen molar-refractivity contribution in [3.63, 3.8) is 0 Å². The Morgan fingerprint density at radius 3 is 1.96 bits per heavy atom. The fraction of sp³-hybridized carbons (Fsp3) is 0.389. The summed E-state index contributed by atoms with van der Waals surface area (Å²) in [6.45, 7) is 0.634. The topological polar surface area (TPSA) is 334 Å². The molecule has 3 heterocycles. The molecule has 2 fully saturated rings. The SMILES string of the molecule is COc1cc(-c2oc3cc(O)cc(O)c3c(=O)c2O[C@H]2OC(CO[C@@H]3OC(C)[C@@H](O)C(O)[C@@H]3O)[C@@H](O)C(O)[C@H]2OC(=O)c2cc(O)c(O)c(O)c2)cc(OC)c1O. The number of esters is 1. The van der Waals surface area contributed by atoms with E-state index in [9.17, 15) is 65.8 Å². The Bertz CT molecular complexity index is 2160. The molecule has 0 saturated carbocycles. The number of ether oxygens (including phenoxy) is 7. The van der Waals surface area contributed by atoms with Crippen LogP contribution in [0.25, 0.3) is 22.3 Å². The molecular weight excluding hydrogens is 768 g/mol. The van der Waals surface area contributed by atoms with Gasteiger partial charge in [0.1, 0.15) is 59.1 Å². The molecule has 1 aromatic heterocycles. The summed E-state index contributed by atoms with van der Waals surface area (Å²) < 4.78 is 44.8. The van der Waals surface area contributed by atoms with E-state index < -0.39 is 136 Å². The molecule has 0 radical (unpaired) electrons. The number of carbonyl (C=O) groups excluding carboxylic acids is 1. The van der Waals surface area contributed by atoms with Crippen LogP contribution in [0.1, 0.15) is 17.3 Å². The van der Waals surface area contributed by atoms with E-state index in [2.05, 4.69) is 0 Å². The smallest absolute Gasteiger partial charge is 0.339 e. The van der Waals surface area contributed by atoms with E-state index in [4.69, 9.17) is 37.6 Å². The number of hydrogen-bond donors (Lipinski definition) is 11. The number of phenolic OH excluding ortho intramolecular Hbond substituents is 6. The van der Waals surface area contributed by atoms with Crippen molar-refractivity contribution in [3.05, 3.63) is 52.2 Å². The van der Waals surface area contributed by atoms with Crippen LogP contribution in [0.4, 0.5) is 0 Å². The van der Waals surface area contributed by atoms with Gasteiger partial charge in [0.25, 0.3) is 0 Å². The second-order valence-corrected chi connectivity index (χ2v) is 13.0. The van der Waals surface area contributed by atoms with E-state index >= 15 is 0 Å². The Morgan fingerprint density at radius 1 is 0.719 bits per heavy atom. The number of phenols is 6. The molecule has 4 unspecified atom stereocenters. The first-order chi connectivity index (χ1) is 26.9. The normalized spacial score (nSPS) is 27.5. The van der Waals surface area contributed by atoms with Crippen molar-refractivity contribution in [3.8, 4) is 63.1 Å². The van der Waals surface area contributed by atoms with Crippen LogP contribution in [-0.2, 0) is 18.9 Å². The highest BCUT2D eigenvalue weighted by Gasteiger charge is 2.50. The lowest BCUT2D eigenvalue weighted by Crippen LogP contribution is -2.62. The summed E-state index contributed by atoms with van der Waals surface area (Å²) in [6, 6.07) is 5.62. The molecule has 308 valence electrons. The van der Waals surface area contributed by atoms with Gasteiger partial charge in [-0.1, -0.05) is 0 Å². The van der Waals surface area contributed by atoms with Gasteiger partial charge in [-0.25, -0.2) is 4.79 Å². The zero-order chi connectivity index (χ0) is 41.6. The summed E-state index contributed by atoms with van der Waals surface area (Å²) in [7, 11) is 2.42. The molecule has 2 aliphatic rings. The molecule has 11 N–H and O–H groups in total. The third-order valence-electron chi connectivity index (χ3n) is 9.32. The fourth-order valence-corrected chi connectivity index (χ4v) is 6.22. The van der Waals surface area contributed by atoms with Gasteiger partial charge >= 0.3 is 5.97 Å². The molecule has 6 rings (SSSR count). The molecule has 3 aromatic carbocycles. The molecule has 0 aliphatic carbocycles. The summed E-state index contributed by atoms with van der Waals surface area (Å²) in [4.78, 5) is 27.6. The first-order valence-electron chi connectivity index (χ1n) is 16.9. The van der Waals surface area contributed by atoms with Crippen LogP contribution < -0.4 is 19.6 Å². The van der Waals surface area contributed by atoms with Crippen LogP contribution in [0.5, 0.6) is 51.7 Å². The van der Waals surface area contributed by atoms with Crippen LogP contribution in [-0.4, -0.2) is 144 Å². The van der Waals surface area contributed by atoms with E-state index in [1.807, 2.05) is 0 Å². The van der Waals surface area contributed by atoms with Crippen molar-refractivity contribution < 1.29 is 98.5 Å². The Kier molecular flexibility index (Phi) is 11.5. The summed E-state index contributed by atoms with van der Waals surface area (Å²) in [5.41, 5.74) is -2.17. The van der Waals surface area contributed by atoms with Crippen molar-refractivity contribution in [2.24, 2.45) is 0 Å². The van der Waals surface area contributed by atoms with Gasteiger partial charge in [0.2, 0.25) is 23.2 Å². The second kappa shape index (κ2) is 16.0. The Labute approximate surface area is 319 Å². The van der Waals surface area contributed by atoms with Gasteiger partial charge < -0.3 is 93.7 Å². The van der Waals surface area contributed by atoms with Crippen molar-refractivity contribution in [1.29, 1.82) is 0 Å². The molecule has 57 heavy (non-hydrogen) atoms. The first-order valence-corrected chi connectivity index (χ1v) is 16.9. The van der Waals surface area contributed by atoms with E-state index in [-0.39, 0.29) is 22.6 Å². The van der Waals surface area contributed by atoms with Crippen LogP contribution in [0.2, 0.25) is 0 Å². The zero-order valence-electron chi connectivity index (χ0n) is 29.9. The Morgan fingerprint density at radius 2 is 1.35 bits per heavy atom. The standard InChI is InChI=1S/C36H38O21/c1-11-23(41)28(46)30(48)35(53-11)52-10-21-26(44)29(47)33(56-34(49)13-4-16(39)24(42)17(40)5-13)36(55-21)57-32-27(45)22-15(38)8-14(37)9-18(22)54-31(32)12-6-19(50-2)25(43)20(7-12)51-3/h4-9,11,21,23,26,28-30,33,35-44,46-48H,10H2,1-3H3/t11?,21?,23-,26-,28?,29?,30+,33-,35-,36-/m1/s1. The van der Waals surface area contributed by atoms with Crippen LogP contribution >= 0.6 is 0 Å². The van der Waals surface area contributed by atoms with Gasteiger partial charge in [-0.05, 0) is 31.2 Å². The maximum Gasteiger partial charge on any atom is 0.339 e. The van der Waals surface area contributed by atoms with E-state index in [1.165, 1.54) is 33.3 Å². The molecule has 4 aromatic rings. The maximum absolute atomic E-state index is 14.2. The summed E-state index contributed by atoms with van der Waals surface area (Å²) in [5.74, 6) is -7.66. The fourth-order valence-electron chi connectivity index (χ4n) is 6.22. The number of aliphatic hydroxyl groups excluding tert-OH is 5. The van der Waals surface area contributed by atoms with E-state index in [0.717, 1.165) is 12.1 Å². The largest absolute Gasteiger partial charge is 0.508 e. The van der Waals surface area contributed by atoms with Crippen molar-refractivity contribution in [2.75, 3.05) is 20.8 Å². The highest BCUT2D eigenvalue weighted by molar-refractivity contribution is 5.91. The summed E-state index contributed by atoms with van der Waals surface area (Å²) >= 11 is 0. The monoisotopic (exact) mass is 806 g/mol. The molecular formula is C36H38O21. The third-order valence-corrected chi connectivity index (χ3v) is 9.32. The number of carbonyl (C=O) groups is 1. The van der Waals surface area contributed by atoms with Crippen molar-refractivity contribution in [2.45, 2.75) is 68.3 Å². The highest BCUT2D eigenvalue weighted by atomic mass is 16.7. The molecule has 2 aliphatic heterocycles. The number of aliphatic hydroxyl groups is 5. The maximum atomic E-state index is 14.2. The van der Waals surface area contributed by atoms with Crippen LogP contribution in [0, 0.1) is 0 Å². The van der Waals surface area contributed by atoms with Crippen LogP contribution in [0.3, 0.4) is 0 Å². The summed E-state index contributed by atoms with van der Waals surface area (Å²) in [6.07, 6.45) is -17.7. The van der Waals surface area contributed by atoms with Gasteiger partial charge in [-0.3, -0.25) is 4.79 Å². The quantitative estimate of drug-likeness (QED) is 0.0718. The predicted molar refractivity (Wildman–Crippen MR) is 186 cm³/mol. The van der Waals surface area contributed by atoms with Crippen molar-refractivity contribution >= 4 is 16.9 Å². The lowest BCUT2D eigenvalue weighted by molar-refractivity contribution is -0.318. The number of benzene rings is 3. The average molecular weight is 807 g/mol. The number of hydrogen-bond acceptors (Lipinski definition) is 21. The number of aromatic hydroxyl groups is 6. The van der Waals surface area contributed by atoms with Gasteiger partial charge in [-0.2, -0.15) is 0 Å². The predicted octanol–water partition coefficient (Wildman–Crippen LogP) is -0.394.